The molecule has 0 radical (unpaired) electrons. The van der Waals surface area contributed by atoms with Crippen molar-refractivity contribution in [3.05, 3.63) is 58.9 Å². The van der Waals surface area contributed by atoms with E-state index in [0.29, 0.717) is 6.54 Å². The molecule has 0 amide bonds. The number of nitrogens with two attached hydrogens (primary N) is 1. The molecule has 3 N–H and O–H groups in total. The van der Waals surface area contributed by atoms with Crippen molar-refractivity contribution in [1.29, 1.82) is 0 Å². The van der Waals surface area contributed by atoms with Gasteiger partial charge in [-0.1, -0.05) is 25.2 Å². The highest BCUT2D eigenvalue weighted by atomic mass is 32.1. The number of halogens is 2. The van der Waals surface area contributed by atoms with Crippen LogP contribution < -0.4 is 11.1 Å². The fraction of sp³-hybridized carbons (Fsp3) is 0.200. The third-order valence-electron chi connectivity index (χ3n) is 3.16. The van der Waals surface area contributed by atoms with Gasteiger partial charge in [-0.05, 0) is 30.2 Å². The molecule has 2 aromatic rings. The Balaban J connectivity index is 2.21. The Morgan fingerprint density at radius 3 is 2.71 bits per heavy atom. The van der Waals surface area contributed by atoms with Crippen molar-refractivity contribution in [2.75, 3.05) is 5.32 Å². The molecule has 1 aromatic heterocycles. The predicted octanol–water partition coefficient (Wildman–Crippen LogP) is 3.17. The van der Waals surface area contributed by atoms with Gasteiger partial charge < -0.3 is 11.1 Å². The average Bonchev–Trinajstić information content (AvgIpc) is 2.48. The van der Waals surface area contributed by atoms with E-state index in [0.717, 1.165) is 17.7 Å². The molecule has 110 valence electrons. The number of nitrogens with zero attached hydrogens (tertiary/aromatic N) is 1. The Bertz CT molecular complexity index is 674. The van der Waals surface area contributed by atoms with Crippen molar-refractivity contribution >= 4 is 22.9 Å². The lowest BCUT2D eigenvalue weighted by Crippen LogP contribution is -2.14. The summed E-state index contributed by atoms with van der Waals surface area (Å²) in [6.07, 6.45) is 2.49. The van der Waals surface area contributed by atoms with Crippen LogP contribution >= 0.6 is 12.2 Å². The van der Waals surface area contributed by atoms with Crippen LogP contribution in [0.1, 0.15) is 23.7 Å². The number of nitrogens with one attached hydrogen (secondary N) is 1. The Kier molecular flexibility index (Phi) is 4.80. The lowest BCUT2D eigenvalue weighted by Gasteiger charge is -2.11. The maximum absolute atomic E-state index is 13.9. The molecular weight excluding hydrogens is 292 g/mol. The van der Waals surface area contributed by atoms with E-state index in [4.69, 9.17) is 5.73 Å². The summed E-state index contributed by atoms with van der Waals surface area (Å²) in [7, 11) is 0. The molecule has 1 heterocycles. The zero-order valence-electron chi connectivity index (χ0n) is 11.5. The topological polar surface area (TPSA) is 50.9 Å². The molecule has 0 aliphatic heterocycles. The van der Waals surface area contributed by atoms with Crippen LogP contribution in [0.25, 0.3) is 0 Å². The fourth-order valence-electron chi connectivity index (χ4n) is 2.01. The molecule has 0 saturated heterocycles. The summed E-state index contributed by atoms with van der Waals surface area (Å²) < 4.78 is 27.7. The molecule has 0 bridgehead atoms. The highest BCUT2D eigenvalue weighted by molar-refractivity contribution is 7.80. The molecule has 21 heavy (non-hydrogen) atoms. The average molecular weight is 307 g/mol. The Hall–Kier alpha value is -2.08. The normalized spacial score (nSPS) is 10.4. The van der Waals surface area contributed by atoms with Crippen LogP contribution in [0.3, 0.4) is 0 Å². The minimum absolute atomic E-state index is 0.0557. The van der Waals surface area contributed by atoms with Gasteiger partial charge in [0, 0.05) is 11.8 Å². The molecule has 0 spiro atoms. The number of aromatic nitrogens is 1. The molecule has 3 nitrogen and oxygen atoms in total. The Labute approximate surface area is 127 Å². The van der Waals surface area contributed by atoms with Crippen molar-refractivity contribution in [2.24, 2.45) is 5.73 Å². The van der Waals surface area contributed by atoms with Gasteiger partial charge >= 0.3 is 0 Å². The van der Waals surface area contributed by atoms with Crippen LogP contribution in [0.4, 0.5) is 14.5 Å². The quantitative estimate of drug-likeness (QED) is 0.833. The van der Waals surface area contributed by atoms with E-state index in [-0.39, 0.29) is 16.2 Å². The number of rotatable bonds is 5. The first-order chi connectivity index (χ1) is 10.0. The second-order valence-corrected chi connectivity index (χ2v) is 4.91. The summed E-state index contributed by atoms with van der Waals surface area (Å²) in [4.78, 5) is 4.07. The third kappa shape index (κ3) is 3.33. The molecule has 0 unspecified atom stereocenters. The van der Waals surface area contributed by atoms with Crippen LogP contribution in [0.2, 0.25) is 0 Å². The summed E-state index contributed by atoms with van der Waals surface area (Å²) in [5.74, 6) is -2.03. The molecule has 1 aromatic carbocycles. The SMILES string of the molecule is CCc1cccnc1CNc1ccc(C(N)=S)c(F)c1F. The molecule has 0 fully saturated rings. The van der Waals surface area contributed by atoms with Gasteiger partial charge in [-0.15, -0.1) is 0 Å². The molecule has 0 aliphatic rings. The van der Waals surface area contributed by atoms with Gasteiger partial charge in [0.15, 0.2) is 11.6 Å². The largest absolute Gasteiger partial charge is 0.389 e. The predicted molar refractivity (Wildman–Crippen MR) is 83.2 cm³/mol. The number of thiocarbonyl (C=S) groups is 1. The smallest absolute Gasteiger partial charge is 0.182 e. The molecule has 2 rings (SSSR count). The molecule has 6 heteroatoms. The molecule has 0 atom stereocenters. The van der Waals surface area contributed by atoms with Crippen molar-refractivity contribution < 1.29 is 8.78 Å². The van der Waals surface area contributed by atoms with Crippen molar-refractivity contribution in [3.8, 4) is 0 Å². The van der Waals surface area contributed by atoms with Crippen LogP contribution in [-0.4, -0.2) is 9.97 Å². The highest BCUT2D eigenvalue weighted by Gasteiger charge is 2.15. The Morgan fingerprint density at radius 1 is 1.29 bits per heavy atom. The fourth-order valence-corrected chi connectivity index (χ4v) is 2.17. The van der Waals surface area contributed by atoms with Crippen molar-refractivity contribution in [1.82, 2.24) is 4.98 Å². The zero-order chi connectivity index (χ0) is 15.4. The third-order valence-corrected chi connectivity index (χ3v) is 3.38. The Morgan fingerprint density at radius 2 is 2.05 bits per heavy atom. The van der Waals surface area contributed by atoms with E-state index in [9.17, 15) is 8.78 Å². The first-order valence-corrected chi connectivity index (χ1v) is 6.89. The van der Waals surface area contributed by atoms with Crippen LogP contribution in [0.5, 0.6) is 0 Å². The van der Waals surface area contributed by atoms with Crippen LogP contribution in [0.15, 0.2) is 30.5 Å². The van der Waals surface area contributed by atoms with Crippen LogP contribution in [0, 0.1) is 11.6 Å². The molecule has 0 aliphatic carbocycles. The monoisotopic (exact) mass is 307 g/mol. The van der Waals surface area contributed by atoms with Crippen molar-refractivity contribution in [3.63, 3.8) is 0 Å². The maximum Gasteiger partial charge on any atom is 0.182 e. The number of pyridine rings is 1. The molecule has 0 saturated carbocycles. The van der Waals surface area contributed by atoms with Gasteiger partial charge in [0.2, 0.25) is 0 Å². The highest BCUT2D eigenvalue weighted by Crippen LogP contribution is 2.21. The van der Waals surface area contributed by atoms with Gasteiger partial charge in [0.25, 0.3) is 0 Å². The van der Waals surface area contributed by atoms with Gasteiger partial charge in [-0.3, -0.25) is 4.98 Å². The van der Waals surface area contributed by atoms with Gasteiger partial charge in [-0.25, -0.2) is 8.78 Å². The lowest BCUT2D eigenvalue weighted by atomic mass is 10.1. The summed E-state index contributed by atoms with van der Waals surface area (Å²) >= 11 is 4.67. The van der Waals surface area contributed by atoms with Crippen molar-refractivity contribution in [2.45, 2.75) is 19.9 Å². The minimum Gasteiger partial charge on any atom is -0.389 e. The van der Waals surface area contributed by atoms with Gasteiger partial charge in [0.05, 0.1) is 17.9 Å². The van der Waals surface area contributed by atoms with Crippen LogP contribution in [-0.2, 0) is 13.0 Å². The van der Waals surface area contributed by atoms with E-state index in [1.54, 1.807) is 6.20 Å². The zero-order valence-corrected chi connectivity index (χ0v) is 12.3. The number of anilines is 1. The van der Waals surface area contributed by atoms with E-state index in [1.165, 1.54) is 12.1 Å². The summed E-state index contributed by atoms with van der Waals surface area (Å²) in [5, 5.41) is 2.85. The lowest BCUT2D eigenvalue weighted by molar-refractivity contribution is 0.509. The first-order valence-electron chi connectivity index (χ1n) is 6.49. The van der Waals surface area contributed by atoms with Gasteiger partial charge in [0.1, 0.15) is 4.99 Å². The summed E-state index contributed by atoms with van der Waals surface area (Å²) in [6.45, 7) is 2.32. The second kappa shape index (κ2) is 6.58. The summed E-state index contributed by atoms with van der Waals surface area (Å²) in [6, 6.07) is 6.58. The molecular formula is C15H15F2N3S. The number of hydrogen-bond acceptors (Lipinski definition) is 3. The number of benzene rings is 1. The van der Waals surface area contributed by atoms with E-state index >= 15 is 0 Å². The van der Waals surface area contributed by atoms with E-state index in [2.05, 4.69) is 22.5 Å². The maximum atomic E-state index is 13.9. The standard InChI is InChI=1S/C15H15F2N3S/c1-2-9-4-3-7-19-12(9)8-20-11-6-5-10(15(18)21)13(16)14(11)17/h3-7,20H,2,8H2,1H3,(H2,18,21). The first kappa shape index (κ1) is 15.3. The van der Waals surface area contributed by atoms with E-state index < -0.39 is 11.6 Å². The minimum atomic E-state index is -1.04. The summed E-state index contributed by atoms with van der Waals surface area (Å²) in [5.41, 5.74) is 7.15. The van der Waals surface area contributed by atoms with Gasteiger partial charge in [-0.2, -0.15) is 0 Å². The van der Waals surface area contributed by atoms with E-state index in [1.807, 2.05) is 19.1 Å². The second-order valence-electron chi connectivity index (χ2n) is 4.47. The number of hydrogen-bond donors (Lipinski definition) is 2. The number of aryl methyl sites for hydroxylation is 1.